The molecule has 0 saturated heterocycles. The van der Waals surface area contributed by atoms with Crippen LogP contribution in [0, 0.1) is 0 Å². The number of rotatable bonds is 4. The van der Waals surface area contributed by atoms with Crippen molar-refractivity contribution < 1.29 is 14.3 Å². The van der Waals surface area contributed by atoms with E-state index in [9.17, 15) is 4.79 Å². The van der Waals surface area contributed by atoms with Gasteiger partial charge in [-0.2, -0.15) is 0 Å². The smallest absolute Gasteiger partial charge is 0.142 e. The summed E-state index contributed by atoms with van der Waals surface area (Å²) in [5.41, 5.74) is 0.768. The fourth-order valence-electron chi connectivity index (χ4n) is 1.18. The van der Waals surface area contributed by atoms with Gasteiger partial charge < -0.3 is 9.47 Å². The van der Waals surface area contributed by atoms with Crippen LogP contribution in [0.2, 0.25) is 0 Å². The first-order valence-corrected chi connectivity index (χ1v) is 4.16. The number of carbonyl (C=O) groups is 1. The Bertz CT molecular complexity index is 320. The van der Waals surface area contributed by atoms with Gasteiger partial charge in [-0.3, -0.25) is 4.79 Å². The zero-order valence-corrected chi connectivity index (χ0v) is 8.19. The van der Waals surface area contributed by atoms with Crippen LogP contribution in [0.4, 0.5) is 0 Å². The predicted molar refractivity (Wildman–Crippen MR) is 54.6 cm³/mol. The number of hydrogen-bond acceptors (Lipinski definition) is 3. The Labute approximate surface area is 83.0 Å². The fraction of sp³-hybridized carbons (Fsp3) is 0.182. The minimum atomic E-state index is 0.683. The van der Waals surface area contributed by atoms with Crippen LogP contribution < -0.4 is 9.47 Å². The van der Waals surface area contributed by atoms with E-state index in [-0.39, 0.29) is 0 Å². The number of methoxy groups -OCH3 is 2. The molecule has 0 N–H and O–H groups in total. The van der Waals surface area contributed by atoms with E-state index in [1.54, 1.807) is 20.3 Å². The lowest BCUT2D eigenvalue weighted by Crippen LogP contribution is -1.91. The maximum Gasteiger partial charge on any atom is 0.142 e. The second-order valence-corrected chi connectivity index (χ2v) is 2.57. The third-order valence-corrected chi connectivity index (χ3v) is 1.81. The van der Waals surface area contributed by atoms with Crippen molar-refractivity contribution in [3.05, 3.63) is 29.8 Å². The van der Waals surface area contributed by atoms with Gasteiger partial charge in [0.1, 0.15) is 17.8 Å². The molecule has 3 nitrogen and oxygen atoms in total. The van der Waals surface area contributed by atoms with Crippen LogP contribution in [0.3, 0.4) is 0 Å². The average molecular weight is 192 g/mol. The average Bonchev–Trinajstić information content (AvgIpc) is 2.25. The van der Waals surface area contributed by atoms with E-state index in [1.807, 2.05) is 18.2 Å². The number of ether oxygens (including phenoxy) is 2. The van der Waals surface area contributed by atoms with Crippen molar-refractivity contribution >= 4 is 12.4 Å². The van der Waals surface area contributed by atoms with Crippen molar-refractivity contribution in [2.45, 2.75) is 0 Å². The Morgan fingerprint density at radius 2 is 1.71 bits per heavy atom. The maximum atomic E-state index is 10.2. The molecule has 0 aromatic heterocycles. The van der Waals surface area contributed by atoms with Crippen molar-refractivity contribution in [1.29, 1.82) is 0 Å². The van der Waals surface area contributed by atoms with E-state index in [2.05, 4.69) is 0 Å². The summed E-state index contributed by atoms with van der Waals surface area (Å²) < 4.78 is 10.3. The number of aldehydes is 1. The zero-order valence-electron chi connectivity index (χ0n) is 8.19. The summed E-state index contributed by atoms with van der Waals surface area (Å²) in [7, 11) is 3.15. The van der Waals surface area contributed by atoms with Crippen LogP contribution in [0.15, 0.2) is 24.3 Å². The zero-order chi connectivity index (χ0) is 10.4. The molecule has 0 atom stereocenters. The third kappa shape index (κ3) is 2.13. The molecule has 1 aromatic rings. The van der Waals surface area contributed by atoms with Crippen LogP contribution in [0.5, 0.6) is 11.5 Å². The summed E-state index contributed by atoms with van der Waals surface area (Å²) >= 11 is 0. The predicted octanol–water partition coefficient (Wildman–Crippen LogP) is 1.92. The number of carbonyl (C=O) groups excluding carboxylic acids is 1. The Morgan fingerprint density at radius 1 is 1.14 bits per heavy atom. The molecule has 0 saturated carbocycles. The SMILES string of the molecule is COc1cccc(OC)c1/C=C/C=O. The molecular formula is C11H12O3. The second-order valence-electron chi connectivity index (χ2n) is 2.57. The highest BCUT2D eigenvalue weighted by Crippen LogP contribution is 2.29. The Hall–Kier alpha value is -1.77. The molecule has 0 aliphatic carbocycles. The molecule has 0 spiro atoms. The lowest BCUT2D eigenvalue weighted by Gasteiger charge is -2.08. The van der Waals surface area contributed by atoms with Crippen molar-refractivity contribution in [2.24, 2.45) is 0 Å². The van der Waals surface area contributed by atoms with Gasteiger partial charge >= 0.3 is 0 Å². The quantitative estimate of drug-likeness (QED) is 0.540. The van der Waals surface area contributed by atoms with Gasteiger partial charge in [0.25, 0.3) is 0 Å². The first kappa shape index (κ1) is 10.3. The van der Waals surface area contributed by atoms with Gasteiger partial charge in [0.2, 0.25) is 0 Å². The van der Waals surface area contributed by atoms with E-state index in [4.69, 9.17) is 9.47 Å². The van der Waals surface area contributed by atoms with Gasteiger partial charge in [0, 0.05) is 0 Å². The highest BCUT2D eigenvalue weighted by molar-refractivity contribution is 5.77. The summed E-state index contributed by atoms with van der Waals surface area (Å²) in [6, 6.07) is 5.45. The summed E-state index contributed by atoms with van der Waals surface area (Å²) in [6.45, 7) is 0. The van der Waals surface area contributed by atoms with Crippen LogP contribution >= 0.6 is 0 Å². The Kier molecular flexibility index (Phi) is 3.73. The second kappa shape index (κ2) is 5.07. The molecule has 0 bridgehead atoms. The molecule has 0 heterocycles. The minimum absolute atomic E-state index is 0.683. The van der Waals surface area contributed by atoms with Crippen molar-refractivity contribution in [2.75, 3.05) is 14.2 Å². The molecular weight excluding hydrogens is 180 g/mol. The van der Waals surface area contributed by atoms with Crippen molar-refractivity contribution in [1.82, 2.24) is 0 Å². The third-order valence-electron chi connectivity index (χ3n) is 1.81. The molecule has 0 amide bonds. The van der Waals surface area contributed by atoms with Crippen molar-refractivity contribution in [3.63, 3.8) is 0 Å². The van der Waals surface area contributed by atoms with Gasteiger partial charge in [0.15, 0.2) is 0 Å². The van der Waals surface area contributed by atoms with Crippen LogP contribution in [0.25, 0.3) is 6.08 Å². The number of hydrogen-bond donors (Lipinski definition) is 0. The highest BCUT2D eigenvalue weighted by Gasteiger charge is 2.05. The fourth-order valence-corrected chi connectivity index (χ4v) is 1.18. The molecule has 0 aliphatic rings. The van der Waals surface area contributed by atoms with Crippen molar-refractivity contribution in [3.8, 4) is 11.5 Å². The molecule has 0 aliphatic heterocycles. The molecule has 0 unspecified atom stereocenters. The first-order chi connectivity index (χ1) is 6.83. The van der Waals surface area contributed by atoms with E-state index < -0.39 is 0 Å². The summed E-state index contributed by atoms with van der Waals surface area (Å²) in [5.74, 6) is 1.37. The Balaban J connectivity index is 3.18. The number of benzene rings is 1. The largest absolute Gasteiger partial charge is 0.496 e. The summed E-state index contributed by atoms with van der Waals surface area (Å²) in [6.07, 6.45) is 3.77. The van der Waals surface area contributed by atoms with Gasteiger partial charge in [0.05, 0.1) is 19.8 Å². The molecule has 3 heteroatoms. The van der Waals surface area contributed by atoms with Gasteiger partial charge in [-0.15, -0.1) is 0 Å². The molecule has 1 rings (SSSR count). The molecule has 1 aromatic carbocycles. The molecule has 0 radical (unpaired) electrons. The topological polar surface area (TPSA) is 35.5 Å². The normalized spacial score (nSPS) is 10.1. The standard InChI is InChI=1S/C11H12O3/c1-13-10-6-3-7-11(14-2)9(10)5-4-8-12/h3-8H,1-2H3/b5-4+. The van der Waals surface area contributed by atoms with Crippen LogP contribution in [-0.2, 0) is 4.79 Å². The van der Waals surface area contributed by atoms with E-state index in [0.29, 0.717) is 17.8 Å². The van der Waals surface area contributed by atoms with Gasteiger partial charge in [-0.1, -0.05) is 6.07 Å². The lowest BCUT2D eigenvalue weighted by molar-refractivity contribution is -0.104. The van der Waals surface area contributed by atoms with Crippen LogP contribution in [0.1, 0.15) is 5.56 Å². The monoisotopic (exact) mass is 192 g/mol. The van der Waals surface area contributed by atoms with Gasteiger partial charge in [-0.25, -0.2) is 0 Å². The molecule has 14 heavy (non-hydrogen) atoms. The lowest BCUT2D eigenvalue weighted by atomic mass is 10.1. The summed E-state index contributed by atoms with van der Waals surface area (Å²) in [4.78, 5) is 10.2. The first-order valence-electron chi connectivity index (χ1n) is 4.16. The minimum Gasteiger partial charge on any atom is -0.496 e. The maximum absolute atomic E-state index is 10.2. The Morgan fingerprint density at radius 3 is 2.14 bits per heavy atom. The molecule has 0 fully saturated rings. The van der Waals surface area contributed by atoms with E-state index in [0.717, 1.165) is 5.56 Å². The van der Waals surface area contributed by atoms with E-state index >= 15 is 0 Å². The highest BCUT2D eigenvalue weighted by atomic mass is 16.5. The van der Waals surface area contributed by atoms with Gasteiger partial charge in [-0.05, 0) is 24.3 Å². The summed E-state index contributed by atoms with van der Waals surface area (Å²) in [5, 5.41) is 0. The van der Waals surface area contributed by atoms with E-state index in [1.165, 1.54) is 6.08 Å². The molecule has 74 valence electrons. The number of allylic oxidation sites excluding steroid dienone is 1. The van der Waals surface area contributed by atoms with Crippen LogP contribution in [-0.4, -0.2) is 20.5 Å².